The lowest BCUT2D eigenvalue weighted by atomic mass is 10.1. The molecule has 0 radical (unpaired) electrons. The van der Waals surface area contributed by atoms with Gasteiger partial charge in [0.25, 0.3) is 0 Å². The molecule has 6 nitrogen and oxygen atoms in total. The second-order valence-electron chi connectivity index (χ2n) is 3.38. The summed E-state index contributed by atoms with van der Waals surface area (Å²) in [4.78, 5) is 20.6. The molecule has 0 bridgehead atoms. The molecule has 1 aromatic rings. The number of benzene rings is 1. The highest BCUT2D eigenvalue weighted by Crippen LogP contribution is 2.39. The maximum absolute atomic E-state index is 10.00. The molecule has 0 fully saturated rings. The molecule has 1 aliphatic heterocycles. The van der Waals surface area contributed by atoms with Crippen molar-refractivity contribution < 1.29 is 14.4 Å². The molecule has 0 aromatic heterocycles. The van der Waals surface area contributed by atoms with E-state index in [0.29, 0.717) is 17.2 Å². The van der Waals surface area contributed by atoms with Crippen LogP contribution in [-0.4, -0.2) is 25.9 Å². The van der Waals surface area contributed by atoms with Crippen molar-refractivity contribution in [3.63, 3.8) is 0 Å². The van der Waals surface area contributed by atoms with Crippen LogP contribution in [0.15, 0.2) is 23.4 Å². The lowest BCUT2D eigenvalue weighted by molar-refractivity contribution is -0.204. The minimum absolute atomic E-state index is 0.123. The number of hydrogen-bond donors (Lipinski definition) is 0. The molecular formula is C11H12N2O4. The van der Waals surface area contributed by atoms with Crippen LogP contribution < -0.4 is 14.4 Å². The molecular weight excluding hydrogens is 224 g/mol. The summed E-state index contributed by atoms with van der Waals surface area (Å²) >= 11 is 0. The molecule has 0 spiro atoms. The molecule has 0 atom stereocenters. The van der Waals surface area contributed by atoms with Gasteiger partial charge in [-0.3, -0.25) is 0 Å². The molecule has 6 heteroatoms. The molecule has 1 aromatic carbocycles. The molecule has 0 unspecified atom stereocenters. The summed E-state index contributed by atoms with van der Waals surface area (Å²) in [5.41, 5.74) is 0.800. The Labute approximate surface area is 98.3 Å². The highest BCUT2D eigenvalue weighted by Gasteiger charge is 2.21. The summed E-state index contributed by atoms with van der Waals surface area (Å²) in [5, 5.41) is 4.00. The standard InChI is InChI=1S/C11H12N2O4/c1-13-16-10-6-8(4-3-5-12-14)9(15-2)7-11(10)17-13/h3-4,6-7H,5H2,1-2H3/b4-3+. The van der Waals surface area contributed by atoms with Gasteiger partial charge in [-0.15, -0.1) is 0 Å². The SMILES string of the molecule is COc1cc2c(cc1/C=C/CN=O)ON(C)O2. The summed E-state index contributed by atoms with van der Waals surface area (Å²) in [7, 11) is 3.22. The van der Waals surface area contributed by atoms with Gasteiger partial charge in [-0.25, -0.2) is 0 Å². The first-order valence-corrected chi connectivity index (χ1v) is 5.02. The van der Waals surface area contributed by atoms with Gasteiger partial charge in [0.1, 0.15) is 5.75 Å². The van der Waals surface area contributed by atoms with E-state index in [-0.39, 0.29) is 6.54 Å². The third kappa shape index (κ3) is 2.36. The van der Waals surface area contributed by atoms with Gasteiger partial charge in [-0.05, 0) is 6.07 Å². The predicted molar refractivity (Wildman–Crippen MR) is 61.7 cm³/mol. The van der Waals surface area contributed by atoms with Crippen molar-refractivity contribution in [2.75, 3.05) is 20.7 Å². The number of rotatable bonds is 4. The molecule has 0 aliphatic carbocycles. The van der Waals surface area contributed by atoms with Crippen molar-refractivity contribution in [3.8, 4) is 17.2 Å². The molecule has 0 amide bonds. The first kappa shape index (κ1) is 11.4. The summed E-state index contributed by atoms with van der Waals surface area (Å²) in [6.45, 7) is 0.123. The second kappa shape index (κ2) is 4.84. The van der Waals surface area contributed by atoms with E-state index in [0.717, 1.165) is 5.56 Å². The molecule has 90 valence electrons. The third-order valence-electron chi connectivity index (χ3n) is 2.23. The monoisotopic (exact) mass is 236 g/mol. The van der Waals surface area contributed by atoms with E-state index in [1.165, 1.54) is 5.23 Å². The predicted octanol–water partition coefficient (Wildman–Crippen LogP) is 2.01. The van der Waals surface area contributed by atoms with Crippen LogP contribution in [0.4, 0.5) is 0 Å². The summed E-state index contributed by atoms with van der Waals surface area (Å²) in [5.74, 6) is 1.84. The van der Waals surface area contributed by atoms with E-state index in [2.05, 4.69) is 5.18 Å². The minimum Gasteiger partial charge on any atom is -0.496 e. The van der Waals surface area contributed by atoms with Crippen LogP contribution in [0, 0.1) is 4.91 Å². The normalized spacial score (nSPS) is 14.2. The van der Waals surface area contributed by atoms with Gasteiger partial charge in [0.05, 0.1) is 20.7 Å². The van der Waals surface area contributed by atoms with Crippen LogP contribution >= 0.6 is 0 Å². The van der Waals surface area contributed by atoms with Gasteiger partial charge in [0.15, 0.2) is 11.5 Å². The molecule has 0 saturated carbocycles. The number of fused-ring (bicyclic) bond motifs is 1. The third-order valence-corrected chi connectivity index (χ3v) is 2.23. The van der Waals surface area contributed by atoms with Crippen LogP contribution in [0.3, 0.4) is 0 Å². The lowest BCUT2D eigenvalue weighted by Gasteiger charge is -2.05. The molecule has 2 rings (SSSR count). The van der Waals surface area contributed by atoms with E-state index in [1.807, 2.05) is 0 Å². The fraction of sp³-hybridized carbons (Fsp3) is 0.273. The number of methoxy groups -OCH3 is 1. The average molecular weight is 236 g/mol. The number of ether oxygens (including phenoxy) is 1. The summed E-state index contributed by atoms with van der Waals surface area (Å²) in [6, 6.07) is 3.51. The fourth-order valence-electron chi connectivity index (χ4n) is 1.53. The number of hydroxylamine groups is 2. The van der Waals surface area contributed by atoms with Gasteiger partial charge >= 0.3 is 0 Å². The Balaban J connectivity index is 2.32. The minimum atomic E-state index is 0.123. The van der Waals surface area contributed by atoms with Gasteiger partial charge in [0, 0.05) is 16.9 Å². The lowest BCUT2D eigenvalue weighted by Crippen LogP contribution is -2.19. The van der Waals surface area contributed by atoms with E-state index < -0.39 is 0 Å². The number of nitrogens with zero attached hydrogens (tertiary/aromatic N) is 2. The Morgan fingerprint density at radius 2 is 2.12 bits per heavy atom. The van der Waals surface area contributed by atoms with E-state index in [1.54, 1.807) is 38.4 Å². The van der Waals surface area contributed by atoms with Crippen molar-refractivity contribution in [1.82, 2.24) is 5.23 Å². The van der Waals surface area contributed by atoms with E-state index in [4.69, 9.17) is 14.4 Å². The molecule has 0 N–H and O–H groups in total. The highest BCUT2D eigenvalue weighted by atomic mass is 17.0. The van der Waals surface area contributed by atoms with Crippen LogP contribution in [0.1, 0.15) is 5.56 Å². The zero-order valence-corrected chi connectivity index (χ0v) is 9.54. The topological polar surface area (TPSA) is 60.4 Å². The molecule has 1 aliphatic rings. The quantitative estimate of drug-likeness (QED) is 0.748. The van der Waals surface area contributed by atoms with Crippen molar-refractivity contribution >= 4 is 6.08 Å². The Morgan fingerprint density at radius 3 is 2.76 bits per heavy atom. The van der Waals surface area contributed by atoms with Crippen LogP contribution in [-0.2, 0) is 0 Å². The Bertz CT molecular complexity index is 459. The highest BCUT2D eigenvalue weighted by molar-refractivity contribution is 5.63. The maximum Gasteiger partial charge on any atom is 0.199 e. The average Bonchev–Trinajstić information content (AvgIpc) is 2.67. The fourth-order valence-corrected chi connectivity index (χ4v) is 1.53. The second-order valence-corrected chi connectivity index (χ2v) is 3.38. The molecule has 17 heavy (non-hydrogen) atoms. The van der Waals surface area contributed by atoms with Gasteiger partial charge in [-0.2, -0.15) is 4.91 Å². The van der Waals surface area contributed by atoms with Crippen molar-refractivity contribution in [1.29, 1.82) is 0 Å². The largest absolute Gasteiger partial charge is 0.496 e. The van der Waals surface area contributed by atoms with E-state index in [9.17, 15) is 4.91 Å². The van der Waals surface area contributed by atoms with Gasteiger partial charge in [0.2, 0.25) is 0 Å². The maximum atomic E-state index is 10.00. The molecule has 0 saturated heterocycles. The van der Waals surface area contributed by atoms with Crippen LogP contribution in [0.5, 0.6) is 17.2 Å². The zero-order valence-electron chi connectivity index (χ0n) is 9.54. The van der Waals surface area contributed by atoms with E-state index >= 15 is 0 Å². The number of hydrogen-bond acceptors (Lipinski definition) is 6. The first-order chi connectivity index (χ1) is 8.24. The smallest absolute Gasteiger partial charge is 0.199 e. The van der Waals surface area contributed by atoms with Crippen molar-refractivity contribution in [3.05, 3.63) is 28.7 Å². The van der Waals surface area contributed by atoms with Gasteiger partial charge < -0.3 is 14.4 Å². The zero-order chi connectivity index (χ0) is 12.3. The van der Waals surface area contributed by atoms with Crippen molar-refractivity contribution in [2.24, 2.45) is 5.18 Å². The summed E-state index contributed by atoms with van der Waals surface area (Å²) < 4.78 is 5.22. The van der Waals surface area contributed by atoms with Crippen LogP contribution in [0.25, 0.3) is 6.08 Å². The number of nitroso groups, excluding NO2 is 1. The van der Waals surface area contributed by atoms with Crippen molar-refractivity contribution in [2.45, 2.75) is 0 Å². The first-order valence-electron chi connectivity index (χ1n) is 5.02. The Morgan fingerprint density at radius 1 is 1.41 bits per heavy atom. The Kier molecular flexibility index (Phi) is 3.24. The Hall–Kier alpha value is -2.08. The molecule has 1 heterocycles. The summed E-state index contributed by atoms with van der Waals surface area (Å²) in [6.07, 6.45) is 3.40. The van der Waals surface area contributed by atoms with Crippen LogP contribution in [0.2, 0.25) is 0 Å². The van der Waals surface area contributed by atoms with Gasteiger partial charge in [-0.1, -0.05) is 17.3 Å².